The highest BCUT2D eigenvalue weighted by molar-refractivity contribution is 5.75. The van der Waals surface area contributed by atoms with Gasteiger partial charge in [-0.25, -0.2) is 0 Å². The second-order valence-electron chi connectivity index (χ2n) is 7.64. The van der Waals surface area contributed by atoms with E-state index < -0.39 is 0 Å². The second kappa shape index (κ2) is 9.13. The Balaban J connectivity index is 1.71. The van der Waals surface area contributed by atoms with Gasteiger partial charge in [0.05, 0.1) is 25.3 Å². The van der Waals surface area contributed by atoms with E-state index in [1.54, 1.807) is 6.92 Å². The Morgan fingerprint density at radius 2 is 1.83 bits per heavy atom. The average Bonchev–Trinajstić information content (AvgIpc) is 3.18. The first-order valence-electron chi connectivity index (χ1n) is 10.3. The van der Waals surface area contributed by atoms with Crippen LogP contribution < -0.4 is 4.90 Å². The van der Waals surface area contributed by atoms with Crippen LogP contribution in [0.2, 0.25) is 0 Å². The predicted octanol–water partition coefficient (Wildman–Crippen LogP) is 4.04. The maximum atomic E-state index is 12.5. The number of hydrogen-bond donors (Lipinski definition) is 0. The summed E-state index contributed by atoms with van der Waals surface area (Å²) in [6, 6.07) is 18.2. The van der Waals surface area contributed by atoms with Crippen LogP contribution >= 0.6 is 0 Å². The van der Waals surface area contributed by atoms with Crippen molar-refractivity contribution in [1.82, 2.24) is 10.1 Å². The largest absolute Gasteiger partial charge is 0.378 e. The van der Waals surface area contributed by atoms with Crippen LogP contribution in [-0.4, -0.2) is 42.3 Å². The average molecular weight is 405 g/mol. The van der Waals surface area contributed by atoms with Crippen molar-refractivity contribution in [3.8, 4) is 11.3 Å². The van der Waals surface area contributed by atoms with E-state index >= 15 is 0 Å². The first-order valence-corrected chi connectivity index (χ1v) is 10.3. The standard InChI is InChI=1S/C24H27N3O3/c1-18-7-6-10-21(15-18)23-22(24(30-25-23)26-11-13-29-14-12-26)17-27(19(2)28)16-20-8-4-3-5-9-20/h3-10,15H,11-14,16-17H2,1-2H3. The van der Waals surface area contributed by atoms with Gasteiger partial charge in [-0.1, -0.05) is 59.3 Å². The Kier molecular flexibility index (Phi) is 6.14. The lowest BCUT2D eigenvalue weighted by atomic mass is 10.0. The molecule has 0 atom stereocenters. The second-order valence-corrected chi connectivity index (χ2v) is 7.64. The molecule has 156 valence electrons. The van der Waals surface area contributed by atoms with Crippen molar-refractivity contribution >= 4 is 11.8 Å². The van der Waals surface area contributed by atoms with E-state index in [2.05, 4.69) is 29.1 Å². The zero-order valence-electron chi connectivity index (χ0n) is 17.5. The molecule has 1 aliphatic heterocycles. The molecule has 4 rings (SSSR count). The summed E-state index contributed by atoms with van der Waals surface area (Å²) in [5.74, 6) is 0.747. The molecule has 6 nitrogen and oxygen atoms in total. The van der Waals surface area contributed by atoms with E-state index in [9.17, 15) is 4.79 Å². The van der Waals surface area contributed by atoms with Gasteiger partial charge in [-0.3, -0.25) is 4.79 Å². The van der Waals surface area contributed by atoms with Gasteiger partial charge in [-0.2, -0.15) is 0 Å². The number of ether oxygens (including phenoxy) is 1. The lowest BCUT2D eigenvalue weighted by molar-refractivity contribution is -0.130. The summed E-state index contributed by atoms with van der Waals surface area (Å²) in [5.41, 5.74) is 4.97. The van der Waals surface area contributed by atoms with E-state index in [0.29, 0.717) is 26.3 Å². The summed E-state index contributed by atoms with van der Waals surface area (Å²) < 4.78 is 11.3. The van der Waals surface area contributed by atoms with Crippen molar-refractivity contribution in [3.63, 3.8) is 0 Å². The molecule has 1 aliphatic rings. The molecule has 0 N–H and O–H groups in total. The minimum atomic E-state index is 0.0168. The van der Waals surface area contributed by atoms with E-state index in [-0.39, 0.29) is 5.91 Å². The van der Waals surface area contributed by atoms with Gasteiger partial charge in [0.2, 0.25) is 11.8 Å². The van der Waals surface area contributed by atoms with Gasteiger partial charge in [0.15, 0.2) is 0 Å². The molecule has 0 radical (unpaired) electrons. The number of hydrogen-bond acceptors (Lipinski definition) is 5. The molecule has 0 saturated carbocycles. The highest BCUT2D eigenvalue weighted by atomic mass is 16.5. The molecule has 30 heavy (non-hydrogen) atoms. The fraction of sp³-hybridized carbons (Fsp3) is 0.333. The Hall–Kier alpha value is -3.12. The van der Waals surface area contributed by atoms with Gasteiger partial charge in [0.1, 0.15) is 5.69 Å². The molecular weight excluding hydrogens is 378 g/mol. The highest BCUT2D eigenvalue weighted by Gasteiger charge is 2.26. The molecule has 0 bridgehead atoms. The number of carbonyl (C=O) groups is 1. The first kappa shape index (κ1) is 20.2. The SMILES string of the molecule is CC(=O)N(Cc1ccccc1)Cc1c(-c2cccc(C)c2)noc1N1CCOCC1. The fourth-order valence-corrected chi connectivity index (χ4v) is 3.75. The van der Waals surface area contributed by atoms with Crippen LogP contribution in [0, 0.1) is 6.92 Å². The third-order valence-corrected chi connectivity index (χ3v) is 5.37. The van der Waals surface area contributed by atoms with Crippen LogP contribution in [-0.2, 0) is 22.6 Å². The van der Waals surface area contributed by atoms with Crippen molar-refractivity contribution in [1.29, 1.82) is 0 Å². The number of aryl methyl sites for hydroxylation is 1. The summed E-state index contributed by atoms with van der Waals surface area (Å²) >= 11 is 0. The number of rotatable bonds is 6. The van der Waals surface area contributed by atoms with Crippen molar-refractivity contribution in [2.24, 2.45) is 0 Å². The number of anilines is 1. The van der Waals surface area contributed by atoms with Crippen LogP contribution in [0.25, 0.3) is 11.3 Å². The Morgan fingerprint density at radius 1 is 1.07 bits per heavy atom. The molecule has 6 heteroatoms. The zero-order chi connectivity index (χ0) is 20.9. The number of nitrogens with zero attached hydrogens (tertiary/aromatic N) is 3. The minimum Gasteiger partial charge on any atom is -0.378 e. The van der Waals surface area contributed by atoms with Crippen LogP contribution in [0.1, 0.15) is 23.6 Å². The number of benzene rings is 2. The van der Waals surface area contributed by atoms with Crippen molar-refractivity contribution in [2.75, 3.05) is 31.2 Å². The quantitative estimate of drug-likeness (QED) is 0.620. The molecule has 1 amide bonds. The van der Waals surface area contributed by atoms with Crippen molar-refractivity contribution in [3.05, 3.63) is 71.3 Å². The first-order chi connectivity index (χ1) is 14.6. The summed E-state index contributed by atoms with van der Waals surface area (Å²) in [4.78, 5) is 16.5. The van der Waals surface area contributed by atoms with Crippen molar-refractivity contribution < 1.29 is 14.1 Å². The maximum absolute atomic E-state index is 12.5. The van der Waals surface area contributed by atoms with E-state index in [0.717, 1.165) is 46.9 Å². The highest BCUT2D eigenvalue weighted by Crippen LogP contribution is 2.33. The Labute approximate surface area is 177 Å². The molecule has 1 aromatic heterocycles. The van der Waals surface area contributed by atoms with E-state index in [1.807, 2.05) is 47.4 Å². The summed E-state index contributed by atoms with van der Waals surface area (Å²) in [6.45, 7) is 7.44. The van der Waals surface area contributed by atoms with Gasteiger partial charge in [0.25, 0.3) is 0 Å². The minimum absolute atomic E-state index is 0.0168. The summed E-state index contributed by atoms with van der Waals surface area (Å²) in [7, 11) is 0. The third kappa shape index (κ3) is 4.54. The van der Waals surface area contributed by atoms with Crippen LogP contribution in [0.3, 0.4) is 0 Å². The number of morpholine rings is 1. The third-order valence-electron chi connectivity index (χ3n) is 5.37. The normalized spacial score (nSPS) is 14.0. The maximum Gasteiger partial charge on any atom is 0.233 e. The fourth-order valence-electron chi connectivity index (χ4n) is 3.75. The van der Waals surface area contributed by atoms with Gasteiger partial charge >= 0.3 is 0 Å². The van der Waals surface area contributed by atoms with Crippen LogP contribution in [0.5, 0.6) is 0 Å². The van der Waals surface area contributed by atoms with Gasteiger partial charge in [0, 0.05) is 32.1 Å². The molecular formula is C24H27N3O3. The molecule has 0 spiro atoms. The van der Waals surface area contributed by atoms with Crippen molar-refractivity contribution in [2.45, 2.75) is 26.9 Å². The monoisotopic (exact) mass is 405 g/mol. The zero-order valence-corrected chi connectivity index (χ0v) is 17.5. The lowest BCUT2D eigenvalue weighted by Crippen LogP contribution is -2.37. The van der Waals surface area contributed by atoms with Gasteiger partial charge < -0.3 is 19.1 Å². The van der Waals surface area contributed by atoms with Gasteiger partial charge in [-0.15, -0.1) is 0 Å². The van der Waals surface area contributed by atoms with Crippen LogP contribution in [0.4, 0.5) is 5.88 Å². The molecule has 2 heterocycles. The lowest BCUT2D eigenvalue weighted by Gasteiger charge is -2.28. The Bertz CT molecular complexity index is 994. The topological polar surface area (TPSA) is 58.8 Å². The smallest absolute Gasteiger partial charge is 0.233 e. The Morgan fingerprint density at radius 3 is 2.53 bits per heavy atom. The summed E-state index contributed by atoms with van der Waals surface area (Å²) in [6.07, 6.45) is 0. The van der Waals surface area contributed by atoms with Crippen LogP contribution in [0.15, 0.2) is 59.1 Å². The number of aromatic nitrogens is 1. The number of carbonyl (C=O) groups excluding carboxylic acids is 1. The van der Waals surface area contributed by atoms with E-state index in [4.69, 9.17) is 9.26 Å². The summed E-state index contributed by atoms with van der Waals surface area (Å²) in [5, 5.41) is 4.43. The molecule has 1 saturated heterocycles. The molecule has 2 aromatic carbocycles. The number of amides is 1. The predicted molar refractivity (Wildman–Crippen MR) is 116 cm³/mol. The van der Waals surface area contributed by atoms with Gasteiger partial charge in [-0.05, 0) is 18.6 Å². The van der Waals surface area contributed by atoms with E-state index in [1.165, 1.54) is 0 Å². The molecule has 0 aliphatic carbocycles. The molecule has 0 unspecified atom stereocenters. The molecule has 1 fully saturated rings. The molecule has 3 aromatic rings.